The Labute approximate surface area is 167 Å². The lowest BCUT2D eigenvalue weighted by Crippen LogP contribution is -2.62. The van der Waals surface area contributed by atoms with E-state index >= 15 is 0 Å². The molecule has 162 valence electrons. The van der Waals surface area contributed by atoms with E-state index < -0.39 is 67.6 Å². The van der Waals surface area contributed by atoms with E-state index in [1.54, 1.807) is 0 Å². The van der Waals surface area contributed by atoms with Crippen molar-refractivity contribution in [2.45, 2.75) is 67.4 Å². The van der Waals surface area contributed by atoms with E-state index in [9.17, 15) is 20.4 Å². The van der Waals surface area contributed by atoms with Crippen LogP contribution in [0.2, 0.25) is 0 Å². The van der Waals surface area contributed by atoms with Crippen molar-refractivity contribution in [3.8, 4) is 0 Å². The van der Waals surface area contributed by atoms with Gasteiger partial charge in [-0.15, -0.1) is 0 Å². The average molecular weight is 426 g/mol. The molecule has 1 heterocycles. The molecular formula is C12H18N12O6. The van der Waals surface area contributed by atoms with Gasteiger partial charge >= 0.3 is 0 Å². The van der Waals surface area contributed by atoms with E-state index in [1.807, 2.05) is 0 Å². The first kappa shape index (κ1) is 23.3. The Hall–Kier alpha value is -3.00. The molecule has 1 saturated carbocycles. The number of aliphatic hydroxyl groups is 4. The van der Waals surface area contributed by atoms with Gasteiger partial charge < -0.3 is 29.9 Å². The Morgan fingerprint density at radius 3 is 1.93 bits per heavy atom. The van der Waals surface area contributed by atoms with E-state index in [1.165, 1.54) is 0 Å². The van der Waals surface area contributed by atoms with Crippen LogP contribution >= 0.6 is 0 Å². The van der Waals surface area contributed by atoms with Crippen molar-refractivity contribution < 1.29 is 29.9 Å². The van der Waals surface area contributed by atoms with Crippen molar-refractivity contribution in [1.29, 1.82) is 0 Å². The molecule has 1 aliphatic carbocycles. The number of azide groups is 4. The SMILES string of the molecule is [N-]=[N+]=NC1C[C@@H](N=[N+]=[N-])[C@@H](O)C(O)[C@@H]1O[C@H]1OC(CO)[C@@H](O)C(N=[N+]=[N-])[C@@H]1N=[N+]=[N-]. The van der Waals surface area contributed by atoms with Crippen LogP contribution < -0.4 is 0 Å². The summed E-state index contributed by atoms with van der Waals surface area (Å²) in [7, 11) is 0. The summed E-state index contributed by atoms with van der Waals surface area (Å²) in [6.45, 7) is -0.712. The number of hydrogen-bond donors (Lipinski definition) is 4. The number of nitrogens with zero attached hydrogens (tertiary/aromatic N) is 12. The number of ether oxygens (including phenoxy) is 2. The van der Waals surface area contributed by atoms with Crippen molar-refractivity contribution >= 4 is 0 Å². The summed E-state index contributed by atoms with van der Waals surface area (Å²) in [6.07, 6.45) is -9.27. The van der Waals surface area contributed by atoms with Crippen LogP contribution in [-0.4, -0.2) is 88.0 Å². The predicted octanol–water partition coefficient (Wildman–Crippen LogP) is 0.291. The van der Waals surface area contributed by atoms with Crippen LogP contribution in [0.25, 0.3) is 41.8 Å². The Kier molecular flexibility index (Phi) is 8.29. The highest BCUT2D eigenvalue weighted by Gasteiger charge is 2.50. The Bertz CT molecular complexity index is 804. The van der Waals surface area contributed by atoms with E-state index in [0.717, 1.165) is 0 Å². The maximum Gasteiger partial charge on any atom is 0.167 e. The van der Waals surface area contributed by atoms with Gasteiger partial charge in [-0.1, -0.05) is 20.5 Å². The largest absolute Gasteiger partial charge is 0.394 e. The lowest BCUT2D eigenvalue weighted by atomic mass is 9.84. The molecule has 0 aromatic carbocycles. The molecular weight excluding hydrogens is 408 g/mol. The molecule has 2 rings (SSSR count). The summed E-state index contributed by atoms with van der Waals surface area (Å²) in [5.41, 5.74) is 35.0. The fraction of sp³-hybridized carbons (Fsp3) is 1.00. The predicted molar refractivity (Wildman–Crippen MR) is 95.0 cm³/mol. The van der Waals surface area contributed by atoms with Crippen LogP contribution in [0.3, 0.4) is 0 Å². The summed E-state index contributed by atoms with van der Waals surface area (Å²) in [5, 5.41) is 53.9. The molecule has 18 nitrogen and oxygen atoms in total. The van der Waals surface area contributed by atoms with Crippen LogP contribution in [0.15, 0.2) is 20.5 Å². The molecule has 4 unspecified atom stereocenters. The van der Waals surface area contributed by atoms with Crippen molar-refractivity contribution in [2.75, 3.05) is 6.61 Å². The summed E-state index contributed by atoms with van der Waals surface area (Å²) < 4.78 is 11.0. The Morgan fingerprint density at radius 2 is 1.37 bits per heavy atom. The minimum Gasteiger partial charge on any atom is -0.394 e. The second-order valence-electron chi connectivity index (χ2n) is 6.47. The van der Waals surface area contributed by atoms with E-state index in [0.29, 0.717) is 0 Å². The summed E-state index contributed by atoms with van der Waals surface area (Å²) >= 11 is 0. The molecule has 10 atom stereocenters. The minimum absolute atomic E-state index is 0.179. The third-order valence-electron chi connectivity index (χ3n) is 4.85. The lowest BCUT2D eigenvalue weighted by molar-refractivity contribution is -0.277. The fourth-order valence-corrected chi connectivity index (χ4v) is 3.42. The Morgan fingerprint density at radius 1 is 0.800 bits per heavy atom. The first-order valence-electron chi connectivity index (χ1n) is 8.56. The van der Waals surface area contributed by atoms with Gasteiger partial charge in [0, 0.05) is 19.6 Å². The van der Waals surface area contributed by atoms with E-state index in [4.69, 9.17) is 31.6 Å². The molecule has 0 amide bonds. The van der Waals surface area contributed by atoms with E-state index in [2.05, 4.69) is 40.1 Å². The monoisotopic (exact) mass is 426 g/mol. The van der Waals surface area contributed by atoms with Gasteiger partial charge in [-0.05, 0) is 28.5 Å². The molecule has 2 aliphatic rings. The zero-order chi connectivity index (χ0) is 22.3. The number of rotatable bonds is 7. The summed E-state index contributed by atoms with van der Waals surface area (Å²) in [4.78, 5) is 10.4. The molecule has 0 aromatic heterocycles. The van der Waals surface area contributed by atoms with Crippen LogP contribution in [0.5, 0.6) is 0 Å². The molecule has 0 radical (unpaired) electrons. The van der Waals surface area contributed by atoms with Crippen molar-refractivity contribution in [1.82, 2.24) is 0 Å². The summed E-state index contributed by atoms with van der Waals surface area (Å²) in [5.74, 6) is 0. The first-order chi connectivity index (χ1) is 14.4. The molecule has 0 spiro atoms. The second kappa shape index (κ2) is 10.7. The average Bonchev–Trinajstić information content (AvgIpc) is 2.73. The number of aliphatic hydroxyl groups excluding tert-OH is 4. The lowest BCUT2D eigenvalue weighted by Gasteiger charge is -2.45. The molecule has 2 fully saturated rings. The summed E-state index contributed by atoms with van der Waals surface area (Å²) in [6, 6.07) is -5.05. The molecule has 0 aromatic rings. The quantitative estimate of drug-likeness (QED) is 0.251. The highest BCUT2D eigenvalue weighted by Crippen LogP contribution is 2.33. The smallest absolute Gasteiger partial charge is 0.167 e. The van der Waals surface area contributed by atoms with Crippen molar-refractivity contribution in [2.24, 2.45) is 20.5 Å². The normalized spacial score (nSPS) is 40.7. The van der Waals surface area contributed by atoms with Gasteiger partial charge in [-0.25, -0.2) is 0 Å². The van der Waals surface area contributed by atoms with Crippen LogP contribution in [0, 0.1) is 0 Å². The van der Waals surface area contributed by atoms with E-state index in [-0.39, 0.29) is 6.42 Å². The zero-order valence-electron chi connectivity index (χ0n) is 15.2. The topological polar surface area (TPSA) is 294 Å². The molecule has 1 saturated heterocycles. The van der Waals surface area contributed by atoms with Crippen LogP contribution in [0.1, 0.15) is 6.42 Å². The molecule has 0 bridgehead atoms. The third-order valence-corrected chi connectivity index (χ3v) is 4.85. The standard InChI is InChI=1S/C12H18N12O6/c13-21-17-3-1-4(18-22-14)11(10(28)8(3)26)30-12-7(20-24-16)6(19-23-15)9(27)5(2-25)29-12/h3-12,25-28H,1-2H2/t3-,4?,5?,6?,7+,8-,9-,10?,11-,12-/m1/s1. The van der Waals surface area contributed by atoms with Gasteiger partial charge in [0.05, 0.1) is 49.1 Å². The maximum atomic E-state index is 10.4. The van der Waals surface area contributed by atoms with Gasteiger partial charge in [0.2, 0.25) is 0 Å². The minimum atomic E-state index is -1.71. The van der Waals surface area contributed by atoms with Gasteiger partial charge in [0.15, 0.2) is 6.29 Å². The Balaban J connectivity index is 2.39. The van der Waals surface area contributed by atoms with Gasteiger partial charge in [0.1, 0.15) is 12.2 Å². The fourth-order valence-electron chi connectivity index (χ4n) is 3.42. The molecule has 18 heteroatoms. The second-order valence-corrected chi connectivity index (χ2v) is 6.47. The zero-order valence-corrected chi connectivity index (χ0v) is 15.2. The highest BCUT2D eigenvalue weighted by atomic mass is 16.7. The van der Waals surface area contributed by atoms with Crippen LogP contribution in [0.4, 0.5) is 0 Å². The van der Waals surface area contributed by atoms with Gasteiger partial charge in [-0.3, -0.25) is 0 Å². The maximum absolute atomic E-state index is 10.4. The van der Waals surface area contributed by atoms with Crippen LogP contribution in [-0.2, 0) is 9.47 Å². The molecule has 30 heavy (non-hydrogen) atoms. The molecule has 4 N–H and O–H groups in total. The first-order valence-corrected chi connectivity index (χ1v) is 8.56. The highest BCUT2D eigenvalue weighted by molar-refractivity contribution is 5.03. The van der Waals surface area contributed by atoms with Crippen molar-refractivity contribution in [3.05, 3.63) is 41.8 Å². The van der Waals surface area contributed by atoms with Gasteiger partial charge in [-0.2, -0.15) is 0 Å². The number of hydrogen-bond acceptors (Lipinski definition) is 10. The van der Waals surface area contributed by atoms with Crippen molar-refractivity contribution in [3.63, 3.8) is 0 Å². The molecule has 1 aliphatic heterocycles. The third kappa shape index (κ3) is 4.76. The van der Waals surface area contributed by atoms with Gasteiger partial charge in [0.25, 0.3) is 0 Å².